The van der Waals surface area contributed by atoms with E-state index in [0.29, 0.717) is 18.2 Å². The SMILES string of the molecule is CC1CN(CC2CCC3(CCCCC3)O2)C(C)CCN1. The fourth-order valence-corrected chi connectivity index (χ4v) is 4.42. The van der Waals surface area contributed by atoms with E-state index in [2.05, 4.69) is 24.1 Å². The van der Waals surface area contributed by atoms with Crippen LogP contribution in [-0.2, 0) is 4.74 Å². The molecule has 3 heteroatoms. The zero-order valence-corrected chi connectivity index (χ0v) is 13.4. The van der Waals surface area contributed by atoms with Gasteiger partial charge in [0.2, 0.25) is 0 Å². The van der Waals surface area contributed by atoms with E-state index in [1.807, 2.05) is 0 Å². The third kappa shape index (κ3) is 3.37. The summed E-state index contributed by atoms with van der Waals surface area (Å²) >= 11 is 0. The van der Waals surface area contributed by atoms with Crippen LogP contribution in [0.3, 0.4) is 0 Å². The molecule has 3 rings (SSSR count). The molecule has 1 aliphatic carbocycles. The second kappa shape index (κ2) is 6.33. The minimum atomic E-state index is 0.280. The normalized spacial score (nSPS) is 39.0. The Morgan fingerprint density at radius 1 is 1.10 bits per heavy atom. The van der Waals surface area contributed by atoms with Crippen LogP contribution in [0.25, 0.3) is 0 Å². The van der Waals surface area contributed by atoms with Crippen LogP contribution in [0.5, 0.6) is 0 Å². The summed E-state index contributed by atoms with van der Waals surface area (Å²) in [6.07, 6.45) is 11.2. The number of hydrogen-bond acceptors (Lipinski definition) is 3. The quantitative estimate of drug-likeness (QED) is 0.841. The molecule has 2 heterocycles. The van der Waals surface area contributed by atoms with Crippen molar-refractivity contribution in [1.82, 2.24) is 10.2 Å². The summed E-state index contributed by atoms with van der Waals surface area (Å²) in [6, 6.07) is 1.31. The van der Waals surface area contributed by atoms with E-state index in [0.717, 1.165) is 13.1 Å². The predicted molar refractivity (Wildman–Crippen MR) is 83.0 cm³/mol. The van der Waals surface area contributed by atoms with E-state index in [1.165, 1.54) is 57.9 Å². The summed E-state index contributed by atoms with van der Waals surface area (Å²) in [5.41, 5.74) is 0.280. The van der Waals surface area contributed by atoms with Crippen molar-refractivity contribution in [1.29, 1.82) is 0 Å². The third-order valence-corrected chi connectivity index (χ3v) is 5.73. The molecule has 0 radical (unpaired) electrons. The van der Waals surface area contributed by atoms with E-state index < -0.39 is 0 Å². The maximum Gasteiger partial charge on any atom is 0.0710 e. The first-order chi connectivity index (χ1) is 9.67. The summed E-state index contributed by atoms with van der Waals surface area (Å²) in [5, 5.41) is 3.60. The van der Waals surface area contributed by atoms with Crippen molar-refractivity contribution >= 4 is 0 Å². The van der Waals surface area contributed by atoms with Crippen LogP contribution in [0, 0.1) is 0 Å². The maximum atomic E-state index is 6.55. The molecule has 1 N–H and O–H groups in total. The zero-order chi connectivity index (χ0) is 14.0. The summed E-state index contributed by atoms with van der Waals surface area (Å²) in [7, 11) is 0. The molecule has 3 unspecified atom stereocenters. The maximum absolute atomic E-state index is 6.55. The van der Waals surface area contributed by atoms with Gasteiger partial charge < -0.3 is 10.1 Å². The van der Waals surface area contributed by atoms with Crippen molar-refractivity contribution in [2.24, 2.45) is 0 Å². The summed E-state index contributed by atoms with van der Waals surface area (Å²) in [4.78, 5) is 2.66. The van der Waals surface area contributed by atoms with Gasteiger partial charge in [-0.1, -0.05) is 19.3 Å². The highest BCUT2D eigenvalue weighted by atomic mass is 16.5. The van der Waals surface area contributed by atoms with Crippen molar-refractivity contribution in [2.45, 2.75) is 89.0 Å². The van der Waals surface area contributed by atoms with Crippen LogP contribution < -0.4 is 5.32 Å². The van der Waals surface area contributed by atoms with Crippen molar-refractivity contribution < 1.29 is 4.74 Å². The highest BCUT2D eigenvalue weighted by Crippen LogP contribution is 2.42. The van der Waals surface area contributed by atoms with E-state index in [9.17, 15) is 0 Å². The van der Waals surface area contributed by atoms with Gasteiger partial charge in [-0.05, 0) is 52.5 Å². The number of nitrogens with zero attached hydrogens (tertiary/aromatic N) is 1. The standard InChI is InChI=1S/C17H32N2O/c1-14-12-19(15(2)7-11-18-14)13-16-6-10-17(20-16)8-4-3-5-9-17/h14-16,18H,3-13H2,1-2H3. The Labute approximate surface area is 124 Å². The highest BCUT2D eigenvalue weighted by Gasteiger charge is 2.41. The van der Waals surface area contributed by atoms with Crippen LogP contribution in [-0.4, -0.2) is 48.3 Å². The first-order valence-corrected chi connectivity index (χ1v) is 8.82. The molecule has 0 bridgehead atoms. The van der Waals surface area contributed by atoms with Crippen LogP contribution in [0.15, 0.2) is 0 Å². The minimum absolute atomic E-state index is 0.280. The van der Waals surface area contributed by atoms with Gasteiger partial charge in [0.15, 0.2) is 0 Å². The Bertz CT molecular complexity index is 314. The van der Waals surface area contributed by atoms with E-state index in [4.69, 9.17) is 4.74 Å². The molecule has 1 saturated carbocycles. The number of ether oxygens (including phenoxy) is 1. The van der Waals surface area contributed by atoms with Crippen LogP contribution in [0.2, 0.25) is 0 Å². The van der Waals surface area contributed by atoms with Crippen molar-refractivity contribution in [3.05, 3.63) is 0 Å². The van der Waals surface area contributed by atoms with Crippen LogP contribution in [0.4, 0.5) is 0 Å². The van der Waals surface area contributed by atoms with Gasteiger partial charge in [-0.3, -0.25) is 4.90 Å². The van der Waals surface area contributed by atoms with Crippen molar-refractivity contribution in [2.75, 3.05) is 19.6 Å². The zero-order valence-electron chi connectivity index (χ0n) is 13.4. The lowest BCUT2D eigenvalue weighted by molar-refractivity contribution is -0.0743. The van der Waals surface area contributed by atoms with Crippen molar-refractivity contribution in [3.63, 3.8) is 0 Å². The lowest BCUT2D eigenvalue weighted by atomic mass is 9.83. The second-order valence-electron chi connectivity index (χ2n) is 7.47. The average Bonchev–Trinajstić information content (AvgIpc) is 2.73. The molecule has 116 valence electrons. The van der Waals surface area contributed by atoms with E-state index in [-0.39, 0.29) is 5.60 Å². The lowest BCUT2D eigenvalue weighted by Crippen LogP contribution is -2.43. The van der Waals surface area contributed by atoms with Gasteiger partial charge in [0, 0.05) is 25.2 Å². The van der Waals surface area contributed by atoms with E-state index in [1.54, 1.807) is 0 Å². The summed E-state index contributed by atoms with van der Waals surface area (Å²) in [6.45, 7) is 8.17. The fourth-order valence-electron chi connectivity index (χ4n) is 4.42. The first kappa shape index (κ1) is 14.8. The topological polar surface area (TPSA) is 24.5 Å². The van der Waals surface area contributed by atoms with Gasteiger partial charge in [-0.25, -0.2) is 0 Å². The summed E-state index contributed by atoms with van der Waals surface area (Å²) in [5.74, 6) is 0. The van der Waals surface area contributed by atoms with Gasteiger partial charge in [0.1, 0.15) is 0 Å². The largest absolute Gasteiger partial charge is 0.370 e. The molecule has 2 saturated heterocycles. The molecule has 2 aliphatic heterocycles. The number of hydrogen-bond donors (Lipinski definition) is 1. The number of rotatable bonds is 2. The molecular formula is C17H32N2O. The highest BCUT2D eigenvalue weighted by molar-refractivity contribution is 4.93. The Balaban J connectivity index is 1.55. The molecule has 20 heavy (non-hydrogen) atoms. The van der Waals surface area contributed by atoms with Gasteiger partial charge in [0.25, 0.3) is 0 Å². The van der Waals surface area contributed by atoms with Crippen molar-refractivity contribution in [3.8, 4) is 0 Å². The average molecular weight is 280 g/mol. The van der Waals surface area contributed by atoms with Crippen LogP contribution >= 0.6 is 0 Å². The summed E-state index contributed by atoms with van der Waals surface area (Å²) < 4.78 is 6.55. The van der Waals surface area contributed by atoms with E-state index >= 15 is 0 Å². The first-order valence-electron chi connectivity index (χ1n) is 8.82. The number of nitrogens with one attached hydrogen (secondary N) is 1. The molecular weight excluding hydrogens is 248 g/mol. The Kier molecular flexibility index (Phi) is 4.68. The van der Waals surface area contributed by atoms with Crippen LogP contribution in [0.1, 0.15) is 65.2 Å². The second-order valence-corrected chi connectivity index (χ2v) is 7.47. The lowest BCUT2D eigenvalue weighted by Gasteiger charge is -2.35. The molecule has 0 aromatic rings. The monoisotopic (exact) mass is 280 g/mol. The van der Waals surface area contributed by atoms with Gasteiger partial charge in [-0.2, -0.15) is 0 Å². The van der Waals surface area contributed by atoms with Gasteiger partial charge in [0.05, 0.1) is 11.7 Å². The third-order valence-electron chi connectivity index (χ3n) is 5.73. The van der Waals surface area contributed by atoms with Gasteiger partial charge in [-0.15, -0.1) is 0 Å². The van der Waals surface area contributed by atoms with Gasteiger partial charge >= 0.3 is 0 Å². The Hall–Kier alpha value is -0.120. The molecule has 3 atom stereocenters. The molecule has 3 fully saturated rings. The molecule has 3 nitrogen and oxygen atoms in total. The molecule has 0 aromatic heterocycles. The Morgan fingerprint density at radius 2 is 1.90 bits per heavy atom. The Morgan fingerprint density at radius 3 is 2.70 bits per heavy atom. The molecule has 3 aliphatic rings. The molecule has 0 aromatic carbocycles. The predicted octanol–water partition coefficient (Wildman–Crippen LogP) is 2.94. The smallest absolute Gasteiger partial charge is 0.0710 e. The molecule has 0 amide bonds. The minimum Gasteiger partial charge on any atom is -0.370 e. The molecule has 1 spiro atoms. The fraction of sp³-hybridized carbons (Fsp3) is 1.00.